The number of hydroxylamine groups is 2. The van der Waals surface area contributed by atoms with Crippen LogP contribution in [0.15, 0.2) is 66.7 Å². The van der Waals surface area contributed by atoms with E-state index in [0.717, 1.165) is 31.7 Å². The molecule has 1 atom stereocenters. The van der Waals surface area contributed by atoms with E-state index in [1.165, 1.54) is 11.1 Å². The number of carbonyl (C=O) groups excluding carboxylic acids is 2. The number of nitrogens with zero attached hydrogens (tertiary/aromatic N) is 2. The number of aromatic carboxylic acids is 1. The average molecular weight is 570 g/mol. The molecular weight excluding hydrogens is 534 g/mol. The molecule has 3 aromatic carbocycles. The Morgan fingerprint density at radius 1 is 1.10 bits per heavy atom. The van der Waals surface area contributed by atoms with Crippen LogP contribution in [0.3, 0.4) is 0 Å². The monoisotopic (exact) mass is 569 g/mol. The van der Waals surface area contributed by atoms with Crippen molar-refractivity contribution in [2.45, 2.75) is 19.9 Å². The van der Waals surface area contributed by atoms with Crippen LogP contribution in [0.25, 0.3) is 11.3 Å². The van der Waals surface area contributed by atoms with Crippen molar-refractivity contribution in [1.29, 1.82) is 0 Å². The van der Waals surface area contributed by atoms with Crippen molar-refractivity contribution < 1.29 is 24.3 Å². The van der Waals surface area contributed by atoms with Gasteiger partial charge in [-0.25, -0.2) is 9.86 Å². The Kier molecular flexibility index (Phi) is 8.67. The van der Waals surface area contributed by atoms with Gasteiger partial charge in [-0.2, -0.15) is 0 Å². The van der Waals surface area contributed by atoms with Gasteiger partial charge in [-0.15, -0.1) is 0 Å². The van der Waals surface area contributed by atoms with Gasteiger partial charge in [-0.1, -0.05) is 30.3 Å². The molecule has 0 bridgehead atoms. The molecule has 2 amide bonds. The van der Waals surface area contributed by atoms with E-state index < -0.39 is 5.97 Å². The average Bonchev–Trinajstić information content (AvgIpc) is 3.29. The zero-order chi connectivity index (χ0) is 29.8. The minimum absolute atomic E-state index is 0.136. The Bertz CT molecular complexity index is 1520. The number of hydrogen-bond acceptors (Lipinski definition) is 7. The highest BCUT2D eigenvalue weighted by Gasteiger charge is 2.30. The van der Waals surface area contributed by atoms with Gasteiger partial charge < -0.3 is 21.1 Å². The number of aryl methyl sites for hydroxylation is 1. The number of rotatable bonds is 9. The molecule has 2 aliphatic heterocycles. The number of nitrogens with one attached hydrogen (secondary N) is 3. The molecule has 3 aromatic rings. The van der Waals surface area contributed by atoms with Gasteiger partial charge in [-0.05, 0) is 61.4 Å². The van der Waals surface area contributed by atoms with Crippen LogP contribution in [-0.4, -0.2) is 78.7 Å². The lowest BCUT2D eigenvalue weighted by atomic mass is 9.96. The normalized spacial score (nSPS) is 17.8. The van der Waals surface area contributed by atoms with Crippen LogP contribution in [0.5, 0.6) is 0 Å². The molecule has 10 nitrogen and oxygen atoms in total. The summed E-state index contributed by atoms with van der Waals surface area (Å²) in [5.74, 6) is -1.65. The quantitative estimate of drug-likeness (QED) is 0.226. The first-order chi connectivity index (χ1) is 20.2. The third kappa shape index (κ3) is 6.36. The fourth-order valence-electron chi connectivity index (χ4n) is 5.29. The van der Waals surface area contributed by atoms with Crippen molar-refractivity contribution in [3.05, 3.63) is 94.5 Å². The van der Waals surface area contributed by atoms with Gasteiger partial charge in [-0.3, -0.25) is 19.3 Å². The molecule has 0 radical (unpaired) electrons. The third-order valence-corrected chi connectivity index (χ3v) is 7.48. The standard InChI is InChI=1S/C32H35N5O5/c1-20-17-26-27(18-25(20)32(40)41)35-30(38)28(26)29(22-7-5-4-6-8-22)34-24-11-9-23(10-12-24)31(39)36(3)42-16-15-37-14-13-33-21(2)19-37/h4-12,17-18,21,33-34H,13-16,19H2,1-3H3,(H,35,38)(H,40,41)/b29-28+. The van der Waals surface area contributed by atoms with Gasteiger partial charge in [0.25, 0.3) is 11.8 Å². The predicted octanol–water partition coefficient (Wildman–Crippen LogP) is 3.92. The van der Waals surface area contributed by atoms with Gasteiger partial charge in [0.15, 0.2) is 0 Å². The minimum Gasteiger partial charge on any atom is -0.478 e. The predicted molar refractivity (Wildman–Crippen MR) is 162 cm³/mol. The lowest BCUT2D eigenvalue weighted by molar-refractivity contribution is -0.110. The fourth-order valence-corrected chi connectivity index (χ4v) is 5.29. The molecule has 0 aliphatic carbocycles. The summed E-state index contributed by atoms with van der Waals surface area (Å²) in [5, 5.41) is 20.4. The SMILES string of the molecule is Cc1cc2c(cc1C(=O)O)NC(=O)/C2=C(/Nc1ccc(C(=O)N(C)OCCN2CCNC(C)C2)cc1)c1ccccc1. The number of carboxylic acid groups (broad SMARTS) is 1. The first-order valence-electron chi connectivity index (χ1n) is 13.9. The van der Waals surface area contributed by atoms with Crippen LogP contribution in [0, 0.1) is 6.92 Å². The summed E-state index contributed by atoms with van der Waals surface area (Å²) in [6.07, 6.45) is 0. The minimum atomic E-state index is -1.05. The van der Waals surface area contributed by atoms with E-state index >= 15 is 0 Å². The zero-order valence-electron chi connectivity index (χ0n) is 23.9. The molecule has 2 aliphatic rings. The summed E-state index contributed by atoms with van der Waals surface area (Å²) in [5.41, 5.74) is 4.65. The summed E-state index contributed by atoms with van der Waals surface area (Å²) in [4.78, 5) is 45.9. The molecule has 1 unspecified atom stereocenters. The Morgan fingerprint density at radius 3 is 2.52 bits per heavy atom. The number of carboxylic acids is 1. The van der Waals surface area contributed by atoms with Gasteiger partial charge in [0.2, 0.25) is 0 Å². The molecule has 4 N–H and O–H groups in total. The highest BCUT2D eigenvalue weighted by Crippen LogP contribution is 2.39. The Morgan fingerprint density at radius 2 is 1.83 bits per heavy atom. The maximum Gasteiger partial charge on any atom is 0.336 e. The molecule has 1 fully saturated rings. The second-order valence-corrected chi connectivity index (χ2v) is 10.6. The van der Waals surface area contributed by atoms with Crippen LogP contribution in [0.1, 0.15) is 44.3 Å². The summed E-state index contributed by atoms with van der Waals surface area (Å²) < 4.78 is 0. The van der Waals surface area contributed by atoms with E-state index in [1.807, 2.05) is 30.3 Å². The van der Waals surface area contributed by atoms with Crippen molar-refractivity contribution in [2.24, 2.45) is 0 Å². The van der Waals surface area contributed by atoms with E-state index in [9.17, 15) is 19.5 Å². The van der Waals surface area contributed by atoms with E-state index in [4.69, 9.17) is 4.84 Å². The van der Waals surface area contributed by atoms with Crippen LogP contribution < -0.4 is 16.0 Å². The van der Waals surface area contributed by atoms with E-state index in [1.54, 1.807) is 44.3 Å². The number of anilines is 2. The van der Waals surface area contributed by atoms with Gasteiger partial charge in [0, 0.05) is 56.1 Å². The smallest absolute Gasteiger partial charge is 0.336 e. The number of hydrogen-bond donors (Lipinski definition) is 4. The number of carbonyl (C=O) groups is 3. The molecule has 5 rings (SSSR count). The molecule has 10 heteroatoms. The maximum absolute atomic E-state index is 13.2. The van der Waals surface area contributed by atoms with Gasteiger partial charge >= 0.3 is 5.97 Å². The maximum atomic E-state index is 13.2. The molecule has 218 valence electrons. The molecule has 1 saturated heterocycles. The molecular formula is C32H35N5O5. The van der Waals surface area contributed by atoms with Crippen LogP contribution >= 0.6 is 0 Å². The van der Waals surface area contributed by atoms with Crippen molar-refractivity contribution in [1.82, 2.24) is 15.3 Å². The highest BCUT2D eigenvalue weighted by atomic mass is 16.7. The molecule has 42 heavy (non-hydrogen) atoms. The number of piperazine rings is 1. The topological polar surface area (TPSA) is 123 Å². The molecule has 0 saturated carbocycles. The van der Waals surface area contributed by atoms with Crippen LogP contribution in [0.2, 0.25) is 0 Å². The van der Waals surface area contributed by atoms with Crippen LogP contribution in [-0.2, 0) is 9.63 Å². The summed E-state index contributed by atoms with van der Waals surface area (Å²) >= 11 is 0. The van der Waals surface area contributed by atoms with E-state index in [-0.39, 0.29) is 17.4 Å². The Hall–Kier alpha value is -4.51. The summed E-state index contributed by atoms with van der Waals surface area (Å²) in [6.45, 7) is 7.88. The van der Waals surface area contributed by atoms with Crippen molar-refractivity contribution >= 4 is 40.4 Å². The summed E-state index contributed by atoms with van der Waals surface area (Å²) in [6, 6.07) is 20.1. The lowest BCUT2D eigenvalue weighted by Gasteiger charge is -2.31. The Labute approximate surface area is 244 Å². The van der Waals surface area contributed by atoms with E-state index in [2.05, 4.69) is 27.8 Å². The van der Waals surface area contributed by atoms with Gasteiger partial charge in [0.05, 0.1) is 29.1 Å². The second kappa shape index (κ2) is 12.6. The number of benzene rings is 3. The lowest BCUT2D eigenvalue weighted by Crippen LogP contribution is -2.50. The fraction of sp³-hybridized carbons (Fsp3) is 0.281. The third-order valence-electron chi connectivity index (χ3n) is 7.48. The second-order valence-electron chi connectivity index (χ2n) is 10.6. The highest BCUT2D eigenvalue weighted by molar-refractivity contribution is 6.37. The van der Waals surface area contributed by atoms with Crippen LogP contribution in [0.4, 0.5) is 11.4 Å². The van der Waals surface area contributed by atoms with Crippen molar-refractivity contribution in [2.75, 3.05) is 50.5 Å². The largest absolute Gasteiger partial charge is 0.478 e. The number of fused-ring (bicyclic) bond motifs is 1. The first kappa shape index (κ1) is 29.0. The molecule has 0 aromatic heterocycles. The summed E-state index contributed by atoms with van der Waals surface area (Å²) in [7, 11) is 1.61. The molecule has 0 spiro atoms. The Balaban J connectivity index is 1.34. The van der Waals surface area contributed by atoms with Gasteiger partial charge in [0.1, 0.15) is 0 Å². The van der Waals surface area contributed by atoms with Crippen molar-refractivity contribution in [3.63, 3.8) is 0 Å². The van der Waals surface area contributed by atoms with Crippen molar-refractivity contribution in [3.8, 4) is 0 Å². The first-order valence-corrected chi connectivity index (χ1v) is 13.9. The van der Waals surface area contributed by atoms with E-state index in [0.29, 0.717) is 52.0 Å². The number of amides is 2. The zero-order valence-corrected chi connectivity index (χ0v) is 23.9. The molecule has 2 heterocycles.